The number of aliphatic hydroxyl groups excluding tert-OH is 1. The molecular weight excluding hydrogens is 529 g/mol. The minimum absolute atomic E-state index is 0.0629. The molecule has 1 aliphatic heterocycles. The number of Topliss-reactive ketones (excluding diaryl/α,β-unsaturated/α-hetero) is 1. The van der Waals surface area contributed by atoms with Crippen LogP contribution in [0.25, 0.3) is 5.76 Å². The third-order valence-corrected chi connectivity index (χ3v) is 7.30. The second kappa shape index (κ2) is 11.4. The first-order valence-corrected chi connectivity index (χ1v) is 13.3. The molecule has 0 spiro atoms. The number of nitrogens with zero attached hydrogens (tertiary/aromatic N) is 1. The fraction of sp³-hybridized carbons (Fsp3) is 0.152. The Morgan fingerprint density at radius 2 is 1.68 bits per heavy atom. The first-order valence-electron chi connectivity index (χ1n) is 12.9. The van der Waals surface area contributed by atoms with Gasteiger partial charge in [0.1, 0.15) is 23.9 Å². The number of rotatable bonds is 7. The van der Waals surface area contributed by atoms with Crippen molar-refractivity contribution in [3.63, 3.8) is 0 Å². The van der Waals surface area contributed by atoms with Crippen molar-refractivity contribution in [2.24, 2.45) is 0 Å². The molecule has 1 aliphatic rings. The van der Waals surface area contributed by atoms with Gasteiger partial charge in [-0.05, 0) is 72.0 Å². The molecule has 1 amide bonds. The van der Waals surface area contributed by atoms with Crippen molar-refractivity contribution in [1.29, 1.82) is 0 Å². The molecule has 0 bridgehead atoms. The van der Waals surface area contributed by atoms with E-state index >= 15 is 0 Å². The molecule has 1 saturated heterocycles. The molecule has 202 valence electrons. The average molecular weight is 556 g/mol. The Balaban J connectivity index is 1.57. The highest BCUT2D eigenvalue weighted by atomic mass is 35.5. The summed E-state index contributed by atoms with van der Waals surface area (Å²) >= 11 is 6.03. The van der Waals surface area contributed by atoms with Crippen LogP contribution in [0.3, 0.4) is 0 Å². The first kappa shape index (κ1) is 27.2. The number of benzene rings is 4. The van der Waals surface area contributed by atoms with Gasteiger partial charge in [0.05, 0.1) is 16.6 Å². The Morgan fingerprint density at radius 1 is 0.950 bits per heavy atom. The molecule has 0 radical (unpaired) electrons. The number of ketones is 1. The van der Waals surface area contributed by atoms with Gasteiger partial charge in [-0.1, -0.05) is 73.1 Å². The van der Waals surface area contributed by atoms with E-state index in [9.17, 15) is 19.1 Å². The molecule has 0 saturated carbocycles. The van der Waals surface area contributed by atoms with Crippen LogP contribution in [0.4, 0.5) is 10.1 Å². The number of carbonyl (C=O) groups is 2. The zero-order chi connectivity index (χ0) is 28.4. The van der Waals surface area contributed by atoms with Crippen molar-refractivity contribution in [1.82, 2.24) is 0 Å². The molecule has 1 atom stereocenters. The second-order valence-electron chi connectivity index (χ2n) is 9.62. The Bertz CT molecular complexity index is 1620. The lowest BCUT2D eigenvalue weighted by Gasteiger charge is -2.26. The predicted molar refractivity (Wildman–Crippen MR) is 154 cm³/mol. The van der Waals surface area contributed by atoms with Crippen LogP contribution < -0.4 is 9.64 Å². The number of halogens is 2. The van der Waals surface area contributed by atoms with Crippen LogP contribution in [0.2, 0.25) is 5.02 Å². The number of aryl methyl sites for hydroxylation is 2. The largest absolute Gasteiger partial charge is 0.507 e. The summed E-state index contributed by atoms with van der Waals surface area (Å²) in [5.41, 5.74) is 4.03. The van der Waals surface area contributed by atoms with Crippen molar-refractivity contribution in [2.45, 2.75) is 32.9 Å². The first-order chi connectivity index (χ1) is 19.3. The van der Waals surface area contributed by atoms with E-state index in [0.29, 0.717) is 23.5 Å². The van der Waals surface area contributed by atoms with E-state index in [1.54, 1.807) is 18.2 Å². The summed E-state index contributed by atoms with van der Waals surface area (Å²) in [6.07, 6.45) is 0.812. The molecule has 4 aromatic carbocycles. The summed E-state index contributed by atoms with van der Waals surface area (Å²) in [7, 11) is 0. The Labute approximate surface area is 237 Å². The lowest BCUT2D eigenvalue weighted by Crippen LogP contribution is -2.29. The van der Waals surface area contributed by atoms with E-state index in [1.165, 1.54) is 17.0 Å². The monoisotopic (exact) mass is 555 g/mol. The molecule has 0 aromatic heterocycles. The smallest absolute Gasteiger partial charge is 0.300 e. The Hall–Kier alpha value is -4.42. The quantitative estimate of drug-likeness (QED) is 0.145. The maximum atomic E-state index is 13.9. The van der Waals surface area contributed by atoms with Gasteiger partial charge in [0, 0.05) is 11.3 Å². The summed E-state index contributed by atoms with van der Waals surface area (Å²) in [4.78, 5) is 28.1. The molecule has 5 nitrogen and oxygen atoms in total. The molecule has 1 fully saturated rings. The fourth-order valence-electron chi connectivity index (χ4n) is 4.83. The number of aliphatic hydroxyl groups is 1. The van der Waals surface area contributed by atoms with Crippen molar-refractivity contribution in [2.75, 3.05) is 4.90 Å². The standard InChI is InChI=1S/C33H27ClFNO4/c1-3-21-9-11-23(12-10-21)30-29(32(38)33(39)36(30)25-14-15-27(35)26(34)18-25)31(37)24-13-16-28(20(2)17-24)40-19-22-7-5-4-6-8-22/h4-18,30,37H,3,19H2,1-2H3/b31-29+. The van der Waals surface area contributed by atoms with E-state index < -0.39 is 23.5 Å². The van der Waals surface area contributed by atoms with Gasteiger partial charge in [0.25, 0.3) is 11.7 Å². The zero-order valence-electron chi connectivity index (χ0n) is 22.0. The third-order valence-electron chi connectivity index (χ3n) is 7.02. The number of amides is 1. The van der Waals surface area contributed by atoms with Gasteiger partial charge in [-0.25, -0.2) is 4.39 Å². The zero-order valence-corrected chi connectivity index (χ0v) is 22.8. The minimum Gasteiger partial charge on any atom is -0.507 e. The summed E-state index contributed by atoms with van der Waals surface area (Å²) in [5.74, 6) is -2.00. The second-order valence-corrected chi connectivity index (χ2v) is 10.0. The molecule has 4 aromatic rings. The minimum atomic E-state index is -0.943. The highest BCUT2D eigenvalue weighted by Gasteiger charge is 2.47. The Morgan fingerprint density at radius 3 is 2.33 bits per heavy atom. The van der Waals surface area contributed by atoms with E-state index in [4.69, 9.17) is 16.3 Å². The van der Waals surface area contributed by atoms with E-state index in [2.05, 4.69) is 0 Å². The molecule has 40 heavy (non-hydrogen) atoms. The van der Waals surface area contributed by atoms with Crippen molar-refractivity contribution < 1.29 is 23.8 Å². The molecule has 1 heterocycles. The number of carbonyl (C=O) groups excluding carboxylic acids is 2. The van der Waals surface area contributed by atoms with Crippen molar-refractivity contribution >= 4 is 34.7 Å². The van der Waals surface area contributed by atoms with Gasteiger partial charge in [0.2, 0.25) is 0 Å². The molecule has 1 N–H and O–H groups in total. The molecule has 7 heteroatoms. The lowest BCUT2D eigenvalue weighted by atomic mass is 9.94. The van der Waals surface area contributed by atoms with Gasteiger partial charge in [-0.2, -0.15) is 0 Å². The number of hydrogen-bond donors (Lipinski definition) is 1. The molecular formula is C33H27ClFNO4. The van der Waals surface area contributed by atoms with Gasteiger partial charge in [-0.15, -0.1) is 0 Å². The third kappa shape index (κ3) is 5.23. The summed E-state index contributed by atoms with van der Waals surface area (Å²) in [6, 6.07) is 25.2. The van der Waals surface area contributed by atoms with Crippen LogP contribution in [0.15, 0.2) is 96.6 Å². The topological polar surface area (TPSA) is 66.8 Å². The summed E-state index contributed by atoms with van der Waals surface area (Å²) in [5, 5.41) is 11.3. The SMILES string of the molecule is CCc1ccc(C2/C(=C(\O)c3ccc(OCc4ccccc4)c(C)c3)C(=O)C(=O)N2c2ccc(F)c(Cl)c2)cc1. The van der Waals surface area contributed by atoms with E-state index in [0.717, 1.165) is 29.2 Å². The van der Waals surface area contributed by atoms with Crippen LogP contribution in [-0.4, -0.2) is 16.8 Å². The number of ether oxygens (including phenoxy) is 1. The van der Waals surface area contributed by atoms with Crippen molar-refractivity contribution in [3.05, 3.63) is 135 Å². The van der Waals surface area contributed by atoms with Gasteiger partial charge in [-0.3, -0.25) is 14.5 Å². The fourth-order valence-corrected chi connectivity index (χ4v) is 5.01. The summed E-state index contributed by atoms with van der Waals surface area (Å²) < 4.78 is 19.9. The summed E-state index contributed by atoms with van der Waals surface area (Å²) in [6.45, 7) is 4.25. The van der Waals surface area contributed by atoms with Crippen LogP contribution in [0.1, 0.15) is 40.8 Å². The highest BCUT2D eigenvalue weighted by Crippen LogP contribution is 2.43. The lowest BCUT2D eigenvalue weighted by molar-refractivity contribution is -0.132. The van der Waals surface area contributed by atoms with E-state index in [-0.39, 0.29) is 22.0 Å². The highest BCUT2D eigenvalue weighted by molar-refractivity contribution is 6.51. The number of hydrogen-bond acceptors (Lipinski definition) is 4. The van der Waals surface area contributed by atoms with Crippen molar-refractivity contribution in [3.8, 4) is 5.75 Å². The molecule has 0 aliphatic carbocycles. The predicted octanol–water partition coefficient (Wildman–Crippen LogP) is 7.56. The van der Waals surface area contributed by atoms with Gasteiger partial charge >= 0.3 is 0 Å². The average Bonchev–Trinajstić information content (AvgIpc) is 3.24. The normalized spacial score (nSPS) is 16.4. The van der Waals surface area contributed by atoms with Crippen LogP contribution in [-0.2, 0) is 22.6 Å². The van der Waals surface area contributed by atoms with Crippen LogP contribution in [0.5, 0.6) is 5.75 Å². The Kier molecular flexibility index (Phi) is 7.71. The number of anilines is 1. The molecule has 5 rings (SSSR count). The van der Waals surface area contributed by atoms with Crippen LogP contribution in [0, 0.1) is 12.7 Å². The van der Waals surface area contributed by atoms with Gasteiger partial charge < -0.3 is 9.84 Å². The van der Waals surface area contributed by atoms with Gasteiger partial charge in [0.15, 0.2) is 0 Å². The molecule has 1 unspecified atom stereocenters. The van der Waals surface area contributed by atoms with E-state index in [1.807, 2.05) is 68.4 Å². The van der Waals surface area contributed by atoms with Crippen LogP contribution >= 0.6 is 11.6 Å². The maximum absolute atomic E-state index is 13.9. The maximum Gasteiger partial charge on any atom is 0.300 e.